The first kappa shape index (κ1) is 25.9. The first-order valence-electron chi connectivity index (χ1n) is 12.6. The summed E-state index contributed by atoms with van der Waals surface area (Å²) in [7, 11) is 1.64. The van der Waals surface area contributed by atoms with Gasteiger partial charge in [-0.25, -0.2) is 8.78 Å². The molecule has 3 aliphatic rings. The smallest absolute Gasteiger partial charge is 0.379 e. The summed E-state index contributed by atoms with van der Waals surface area (Å²) in [5.41, 5.74) is -0.833. The van der Waals surface area contributed by atoms with Crippen molar-refractivity contribution in [2.75, 3.05) is 31.2 Å². The maximum absolute atomic E-state index is 15.8. The quantitative estimate of drug-likeness (QED) is 0.425. The van der Waals surface area contributed by atoms with Crippen LogP contribution in [0, 0.1) is 0 Å². The number of rotatable bonds is 6. The molecule has 2 atom stereocenters. The lowest BCUT2D eigenvalue weighted by Gasteiger charge is -2.43. The van der Waals surface area contributed by atoms with E-state index in [4.69, 9.17) is 4.74 Å². The standard InChI is InChI=1S/C27H26F5N5O2/c1-35-15-33-34-24(35)23(29)26(13-39-14-26)17-3-2-4-19(9-17)37-12-21-20(25(37)38)7-16(8-22(21)27(30,31)32)10-36-6-5-18(28)11-36/h2-4,7-9,15,18,23H,5-6,10-14H2,1H3/t18-,23-/m1/s1. The fourth-order valence-corrected chi connectivity index (χ4v) is 5.74. The van der Waals surface area contributed by atoms with Gasteiger partial charge in [-0.3, -0.25) is 9.69 Å². The molecule has 39 heavy (non-hydrogen) atoms. The molecule has 2 fully saturated rings. The summed E-state index contributed by atoms with van der Waals surface area (Å²) in [5.74, 6) is -0.434. The Hall–Kier alpha value is -3.38. The highest BCUT2D eigenvalue weighted by molar-refractivity contribution is 6.10. The second-order valence-electron chi connectivity index (χ2n) is 10.5. The Morgan fingerprint density at radius 3 is 2.62 bits per heavy atom. The van der Waals surface area contributed by atoms with Crippen LogP contribution in [0.1, 0.15) is 51.0 Å². The summed E-state index contributed by atoms with van der Waals surface area (Å²) < 4.78 is 78.7. The van der Waals surface area contributed by atoms with Gasteiger partial charge >= 0.3 is 6.18 Å². The number of anilines is 1. The van der Waals surface area contributed by atoms with E-state index in [0.717, 1.165) is 6.07 Å². The number of carbonyl (C=O) groups is 1. The highest BCUT2D eigenvalue weighted by atomic mass is 19.4. The van der Waals surface area contributed by atoms with Crippen LogP contribution in [0.25, 0.3) is 0 Å². The molecule has 206 valence electrons. The molecule has 0 saturated carbocycles. The normalized spacial score (nSPS) is 21.7. The van der Waals surface area contributed by atoms with Crippen LogP contribution in [0.4, 0.5) is 27.6 Å². The fraction of sp³-hybridized carbons (Fsp3) is 0.444. The summed E-state index contributed by atoms with van der Waals surface area (Å²) in [4.78, 5) is 16.5. The molecule has 2 saturated heterocycles. The number of benzene rings is 2. The third-order valence-electron chi connectivity index (χ3n) is 7.94. The van der Waals surface area contributed by atoms with Gasteiger partial charge in [0.15, 0.2) is 12.0 Å². The number of hydrogen-bond donors (Lipinski definition) is 0. The summed E-state index contributed by atoms with van der Waals surface area (Å²) in [6, 6.07) is 9.17. The first-order valence-corrected chi connectivity index (χ1v) is 12.6. The Morgan fingerprint density at radius 1 is 1.21 bits per heavy atom. The average Bonchev–Trinajstić information content (AvgIpc) is 3.56. The molecular weight excluding hydrogens is 521 g/mol. The van der Waals surface area contributed by atoms with Crippen molar-refractivity contribution < 1.29 is 31.5 Å². The van der Waals surface area contributed by atoms with Crippen molar-refractivity contribution in [3.05, 3.63) is 76.4 Å². The molecule has 3 aliphatic heterocycles. The van der Waals surface area contributed by atoms with Gasteiger partial charge in [-0.15, -0.1) is 10.2 Å². The molecule has 0 unspecified atom stereocenters. The van der Waals surface area contributed by atoms with Gasteiger partial charge < -0.3 is 14.2 Å². The lowest BCUT2D eigenvalue weighted by Crippen LogP contribution is -2.50. The molecule has 3 aromatic rings. The minimum Gasteiger partial charge on any atom is -0.379 e. The minimum absolute atomic E-state index is 0.0228. The molecule has 0 spiro atoms. The third-order valence-corrected chi connectivity index (χ3v) is 7.94. The van der Waals surface area contributed by atoms with E-state index in [1.165, 1.54) is 21.9 Å². The van der Waals surface area contributed by atoms with Gasteiger partial charge in [0.1, 0.15) is 12.5 Å². The second-order valence-corrected chi connectivity index (χ2v) is 10.5. The van der Waals surface area contributed by atoms with Gasteiger partial charge in [0, 0.05) is 37.9 Å². The fourth-order valence-electron chi connectivity index (χ4n) is 5.74. The van der Waals surface area contributed by atoms with E-state index in [1.807, 2.05) is 0 Å². The van der Waals surface area contributed by atoms with Gasteiger partial charge in [-0.05, 0) is 47.4 Å². The van der Waals surface area contributed by atoms with Gasteiger partial charge in [-0.1, -0.05) is 12.1 Å². The minimum atomic E-state index is -4.67. The number of nitrogens with zero attached hydrogens (tertiary/aromatic N) is 5. The predicted molar refractivity (Wildman–Crippen MR) is 131 cm³/mol. The van der Waals surface area contributed by atoms with E-state index in [-0.39, 0.29) is 49.8 Å². The number of alkyl halides is 5. The zero-order chi connectivity index (χ0) is 27.5. The lowest BCUT2D eigenvalue weighted by atomic mass is 9.74. The SMILES string of the molecule is Cn1cnnc1[C@@H](F)C1(c2cccc(N3Cc4c(cc(CN5CC[C@@H](F)C5)cc4C(F)(F)F)C3=O)c2)COC1. The van der Waals surface area contributed by atoms with Crippen LogP contribution in [-0.2, 0) is 36.5 Å². The van der Waals surface area contributed by atoms with Gasteiger partial charge in [-0.2, -0.15) is 13.2 Å². The largest absolute Gasteiger partial charge is 0.416 e. The van der Waals surface area contributed by atoms with Crippen LogP contribution in [0.3, 0.4) is 0 Å². The van der Waals surface area contributed by atoms with Crippen molar-refractivity contribution in [1.29, 1.82) is 0 Å². The molecule has 7 nitrogen and oxygen atoms in total. The summed E-state index contributed by atoms with van der Waals surface area (Å²) in [6.07, 6.45) is -5.49. The molecule has 6 rings (SSSR count). The summed E-state index contributed by atoms with van der Waals surface area (Å²) in [6.45, 7) is 0.617. The monoisotopic (exact) mass is 547 g/mol. The van der Waals surface area contributed by atoms with Crippen LogP contribution < -0.4 is 4.90 Å². The average molecular weight is 548 g/mol. The molecule has 0 aliphatic carbocycles. The van der Waals surface area contributed by atoms with Crippen LogP contribution in [0.2, 0.25) is 0 Å². The van der Waals surface area contributed by atoms with Crippen molar-refractivity contribution in [3.63, 3.8) is 0 Å². The molecule has 0 N–H and O–H groups in total. The van der Waals surface area contributed by atoms with Gasteiger partial charge in [0.25, 0.3) is 5.91 Å². The van der Waals surface area contributed by atoms with E-state index < -0.39 is 35.4 Å². The van der Waals surface area contributed by atoms with Crippen molar-refractivity contribution in [2.45, 2.75) is 43.4 Å². The molecular formula is C27H26F5N5O2. The number of likely N-dealkylation sites (tertiary alicyclic amines) is 1. The van der Waals surface area contributed by atoms with Crippen LogP contribution in [-0.4, -0.2) is 58.0 Å². The van der Waals surface area contributed by atoms with Crippen molar-refractivity contribution >= 4 is 11.6 Å². The van der Waals surface area contributed by atoms with Crippen LogP contribution >= 0.6 is 0 Å². The maximum Gasteiger partial charge on any atom is 0.416 e. The number of hydrogen-bond acceptors (Lipinski definition) is 5. The van der Waals surface area contributed by atoms with Crippen LogP contribution in [0.5, 0.6) is 0 Å². The van der Waals surface area contributed by atoms with E-state index >= 15 is 4.39 Å². The number of fused-ring (bicyclic) bond motifs is 1. The number of amides is 1. The highest BCUT2D eigenvalue weighted by Gasteiger charge is 2.51. The van der Waals surface area contributed by atoms with Crippen molar-refractivity contribution in [1.82, 2.24) is 19.7 Å². The molecule has 4 heterocycles. The van der Waals surface area contributed by atoms with Crippen molar-refractivity contribution in [3.8, 4) is 0 Å². The third kappa shape index (κ3) is 4.39. The Balaban J connectivity index is 1.33. The molecule has 0 radical (unpaired) electrons. The number of ether oxygens (including phenoxy) is 1. The van der Waals surface area contributed by atoms with E-state index in [0.29, 0.717) is 29.8 Å². The Bertz CT molecular complexity index is 1420. The second kappa shape index (κ2) is 9.37. The molecule has 2 aromatic carbocycles. The molecule has 0 bridgehead atoms. The molecule has 12 heteroatoms. The summed E-state index contributed by atoms with van der Waals surface area (Å²) in [5, 5.41) is 7.66. The number of carbonyl (C=O) groups excluding carboxylic acids is 1. The first-order chi connectivity index (χ1) is 18.6. The van der Waals surface area contributed by atoms with E-state index in [2.05, 4.69) is 10.2 Å². The lowest BCUT2D eigenvalue weighted by molar-refractivity contribution is -0.138. The molecule has 1 amide bonds. The Morgan fingerprint density at radius 2 is 2.00 bits per heavy atom. The Kier molecular flexibility index (Phi) is 6.22. The van der Waals surface area contributed by atoms with Crippen LogP contribution in [0.15, 0.2) is 42.7 Å². The van der Waals surface area contributed by atoms with E-state index in [1.54, 1.807) is 36.2 Å². The highest BCUT2D eigenvalue weighted by Crippen LogP contribution is 2.47. The van der Waals surface area contributed by atoms with Gasteiger partial charge in [0.2, 0.25) is 0 Å². The van der Waals surface area contributed by atoms with Crippen molar-refractivity contribution in [2.24, 2.45) is 7.05 Å². The Labute approximate surface area is 221 Å². The van der Waals surface area contributed by atoms with E-state index in [9.17, 15) is 22.4 Å². The van der Waals surface area contributed by atoms with Gasteiger partial charge in [0.05, 0.1) is 30.7 Å². The predicted octanol–water partition coefficient (Wildman–Crippen LogP) is 4.52. The number of aryl methyl sites for hydroxylation is 1. The molecule has 1 aromatic heterocycles. The summed E-state index contributed by atoms with van der Waals surface area (Å²) >= 11 is 0. The maximum atomic E-state index is 15.8. The zero-order valence-corrected chi connectivity index (χ0v) is 21.1. The number of halogens is 5. The number of aromatic nitrogens is 3. The topological polar surface area (TPSA) is 63.5 Å². The zero-order valence-electron chi connectivity index (χ0n) is 21.1.